The minimum absolute atomic E-state index is 0.0404. The van der Waals surface area contributed by atoms with E-state index in [1.165, 1.54) is 5.57 Å². The van der Waals surface area contributed by atoms with Crippen LogP contribution in [0.15, 0.2) is 11.1 Å². The first kappa shape index (κ1) is 21.8. The average molecular weight is 408 g/mol. The Labute approximate surface area is 184 Å². The number of hydrogen-bond acceptors (Lipinski definition) is 3. The summed E-state index contributed by atoms with van der Waals surface area (Å²) in [6.07, 6.45) is 3.12. The summed E-state index contributed by atoms with van der Waals surface area (Å²) in [6, 6.07) is 0. The summed E-state index contributed by atoms with van der Waals surface area (Å²) in [5, 5.41) is -1.22. The van der Waals surface area contributed by atoms with Crippen LogP contribution in [0.5, 0.6) is 0 Å². The van der Waals surface area contributed by atoms with Crippen molar-refractivity contribution in [3.05, 3.63) is 11.1 Å². The second-order valence-corrected chi connectivity index (χ2v) is 13.2. The molecule has 29 heavy (non-hydrogen) atoms. The molecule has 4 radical (unpaired) electrons. The molecule has 0 aromatic carbocycles. The second kappa shape index (κ2) is 5.87. The van der Waals surface area contributed by atoms with E-state index in [-0.39, 0.29) is 28.3 Å². The number of Topliss-reactive ketones (excluding diaryl/α,β-unsaturated/α-hetero) is 2. The molecule has 4 aliphatic rings. The Morgan fingerprint density at radius 1 is 0.966 bits per heavy atom. The van der Waals surface area contributed by atoms with Gasteiger partial charge in [-0.25, -0.2) is 0 Å². The van der Waals surface area contributed by atoms with Gasteiger partial charge in [-0.1, -0.05) is 46.6 Å². The van der Waals surface area contributed by atoms with Crippen LogP contribution in [0.1, 0.15) is 74.1 Å². The third-order valence-corrected chi connectivity index (χ3v) is 9.66. The van der Waals surface area contributed by atoms with Gasteiger partial charge >= 0.3 is 0 Å². The van der Waals surface area contributed by atoms with Gasteiger partial charge in [0, 0.05) is 5.41 Å². The first-order chi connectivity index (χ1) is 13.0. The molecule has 3 fully saturated rings. The van der Waals surface area contributed by atoms with E-state index in [0.29, 0.717) is 24.2 Å². The zero-order valence-electron chi connectivity index (χ0n) is 19.1. The van der Waals surface area contributed by atoms with Gasteiger partial charge in [0.05, 0.1) is 20.4 Å². The summed E-state index contributed by atoms with van der Waals surface area (Å²) >= 11 is 4.84. The van der Waals surface area contributed by atoms with Gasteiger partial charge in [0.1, 0.15) is 5.78 Å². The molecule has 0 aromatic rings. The maximum absolute atomic E-state index is 13.2. The number of carbonyl (C=O) groups excluding carboxylic acids is 2. The van der Waals surface area contributed by atoms with Crippen LogP contribution in [-0.4, -0.2) is 32.0 Å². The molecule has 0 aliphatic heterocycles. The molecule has 0 heterocycles. The van der Waals surface area contributed by atoms with Crippen molar-refractivity contribution >= 4 is 39.9 Å². The Kier molecular flexibility index (Phi) is 4.41. The smallest absolute Gasteiger partial charge is 0.174 e. The Hall–Kier alpha value is -0.440. The van der Waals surface area contributed by atoms with Gasteiger partial charge in [0.2, 0.25) is 0 Å². The zero-order chi connectivity index (χ0) is 21.9. The van der Waals surface area contributed by atoms with Gasteiger partial charge in [-0.15, -0.1) is 0 Å². The van der Waals surface area contributed by atoms with E-state index in [1.807, 2.05) is 13.8 Å². The summed E-state index contributed by atoms with van der Waals surface area (Å²) in [7, 11) is 12.6. The molecule has 0 bridgehead atoms. The fourth-order valence-corrected chi connectivity index (χ4v) is 9.67. The first-order valence-electron chi connectivity index (χ1n) is 11.1. The third kappa shape index (κ3) is 2.64. The zero-order valence-corrected chi connectivity index (χ0v) is 20.0. The predicted molar refractivity (Wildman–Crippen MR) is 122 cm³/mol. The molecule has 2 nitrogen and oxygen atoms in total. The Morgan fingerprint density at radius 3 is 2.14 bits per heavy atom. The molecule has 4 aliphatic carbocycles. The lowest BCUT2D eigenvalue weighted by Crippen LogP contribution is -2.60. The van der Waals surface area contributed by atoms with Crippen LogP contribution >= 0.6 is 12.6 Å². The number of carbonyl (C=O) groups is 2. The molecular weight excluding hydrogens is 374 g/mol. The average Bonchev–Trinajstić information content (AvgIpc) is 2.71. The van der Waals surface area contributed by atoms with E-state index >= 15 is 0 Å². The predicted octanol–water partition coefficient (Wildman–Crippen LogP) is 4.72. The molecule has 7 unspecified atom stereocenters. The van der Waals surface area contributed by atoms with E-state index in [9.17, 15) is 9.59 Å². The van der Waals surface area contributed by atoms with Crippen molar-refractivity contribution in [1.29, 1.82) is 0 Å². The van der Waals surface area contributed by atoms with Crippen molar-refractivity contribution < 1.29 is 9.59 Å². The fraction of sp³-hybridized carbons (Fsp3) is 0.833. The number of fused-ring (bicyclic) bond motifs is 5. The van der Waals surface area contributed by atoms with E-state index in [1.54, 1.807) is 0 Å². The van der Waals surface area contributed by atoms with E-state index < -0.39 is 15.4 Å². The molecule has 0 amide bonds. The molecule has 5 heteroatoms. The summed E-state index contributed by atoms with van der Waals surface area (Å²) in [4.78, 5) is 26.3. The first-order valence-corrected chi connectivity index (χ1v) is 11.6. The topological polar surface area (TPSA) is 34.1 Å². The van der Waals surface area contributed by atoms with Crippen LogP contribution in [0.3, 0.4) is 0 Å². The van der Waals surface area contributed by atoms with Gasteiger partial charge in [0.15, 0.2) is 5.78 Å². The maximum Gasteiger partial charge on any atom is 0.174 e. The summed E-state index contributed by atoms with van der Waals surface area (Å²) in [5.74, 6) is 1.55. The Bertz CT molecular complexity index is 842. The Balaban J connectivity index is 1.91. The van der Waals surface area contributed by atoms with Crippen molar-refractivity contribution in [3.8, 4) is 0 Å². The Morgan fingerprint density at radius 2 is 1.55 bits per heavy atom. The van der Waals surface area contributed by atoms with Crippen molar-refractivity contribution in [2.24, 2.45) is 39.9 Å². The lowest BCUT2D eigenvalue weighted by atomic mass is 9.40. The van der Waals surface area contributed by atoms with Gasteiger partial charge in [-0.2, -0.15) is 12.6 Å². The van der Waals surface area contributed by atoms with E-state index in [0.717, 1.165) is 24.8 Å². The normalized spacial score (nSPS) is 50.8. The highest BCUT2D eigenvalue weighted by Gasteiger charge is 2.68. The molecule has 0 saturated heterocycles. The quantitative estimate of drug-likeness (QED) is 0.465. The number of thiol groups is 1. The van der Waals surface area contributed by atoms with Crippen molar-refractivity contribution in [2.75, 3.05) is 0 Å². The number of hydrogen-bond donors (Lipinski definition) is 1. The third-order valence-electron chi connectivity index (χ3n) is 9.30. The van der Waals surface area contributed by atoms with Crippen LogP contribution in [0.25, 0.3) is 0 Å². The molecular formula is C24H34B2O2S. The van der Waals surface area contributed by atoms with Crippen LogP contribution in [-0.2, 0) is 9.59 Å². The van der Waals surface area contributed by atoms with Crippen LogP contribution in [0, 0.1) is 39.9 Å². The number of allylic oxidation sites excluding steroid dienone is 1. The minimum atomic E-state index is -1.22. The lowest BCUT2D eigenvalue weighted by molar-refractivity contribution is -0.142. The fourth-order valence-electron chi connectivity index (χ4n) is 9.17. The highest BCUT2D eigenvalue weighted by Crippen LogP contribution is 2.72. The molecule has 0 spiro atoms. The van der Waals surface area contributed by atoms with Crippen LogP contribution < -0.4 is 0 Å². The summed E-state index contributed by atoms with van der Waals surface area (Å²) in [6.45, 7) is 15.3. The highest BCUT2D eigenvalue weighted by atomic mass is 32.1. The second-order valence-electron chi connectivity index (χ2n) is 12.3. The maximum atomic E-state index is 13.2. The standard InChI is InChI=1S/C24H34B2O2S/c1-12-8-21(5)15(10-24(25,26)19(21)28)14-9-20(3,4)17-13(2)18(27)23(7,29)11-22(17,6)16(12)14/h12,14-16,29H,8-11H2,1-7H3. The van der Waals surface area contributed by atoms with Gasteiger partial charge in [0.25, 0.3) is 0 Å². The summed E-state index contributed by atoms with van der Waals surface area (Å²) in [5.41, 5.74) is 1.58. The van der Waals surface area contributed by atoms with Crippen molar-refractivity contribution in [3.63, 3.8) is 0 Å². The SMILES string of the molecule is [B]C1([B])CC2C3CC(C)(C)C4=C(C)C(=O)C(C)(S)CC4(C)C3C(C)CC2(C)C1=O. The monoisotopic (exact) mass is 408 g/mol. The molecule has 3 saturated carbocycles. The highest BCUT2D eigenvalue weighted by molar-refractivity contribution is 7.82. The number of ketones is 2. The molecule has 4 rings (SSSR count). The minimum Gasteiger partial charge on any atom is -0.300 e. The molecule has 0 N–H and O–H groups in total. The van der Waals surface area contributed by atoms with Gasteiger partial charge < -0.3 is 4.79 Å². The van der Waals surface area contributed by atoms with Gasteiger partial charge in [-0.3, -0.25) is 4.79 Å². The van der Waals surface area contributed by atoms with Crippen LogP contribution in [0.2, 0.25) is 5.21 Å². The lowest BCUT2D eigenvalue weighted by Gasteiger charge is -2.65. The molecule has 0 aromatic heterocycles. The molecule has 7 atom stereocenters. The number of rotatable bonds is 0. The van der Waals surface area contributed by atoms with Crippen LogP contribution in [0.4, 0.5) is 0 Å². The van der Waals surface area contributed by atoms with Gasteiger partial charge in [-0.05, 0) is 78.4 Å². The van der Waals surface area contributed by atoms with Crippen molar-refractivity contribution in [2.45, 2.75) is 84.1 Å². The summed E-state index contributed by atoms with van der Waals surface area (Å²) < 4.78 is -0.655. The van der Waals surface area contributed by atoms with E-state index in [4.69, 9.17) is 28.3 Å². The van der Waals surface area contributed by atoms with E-state index in [2.05, 4.69) is 34.6 Å². The van der Waals surface area contributed by atoms with Crippen molar-refractivity contribution in [1.82, 2.24) is 0 Å². The largest absolute Gasteiger partial charge is 0.300 e. The molecule has 154 valence electrons.